The van der Waals surface area contributed by atoms with Crippen molar-refractivity contribution in [2.24, 2.45) is 5.73 Å². The molecule has 0 unspecified atom stereocenters. The van der Waals surface area contributed by atoms with Crippen LogP contribution in [0.15, 0.2) is 42.5 Å². The van der Waals surface area contributed by atoms with Crippen LogP contribution in [0.4, 0.5) is 5.69 Å². The first-order valence-corrected chi connectivity index (χ1v) is 7.41. The van der Waals surface area contributed by atoms with E-state index < -0.39 is 5.91 Å². The lowest BCUT2D eigenvalue weighted by Gasteiger charge is -2.09. The van der Waals surface area contributed by atoms with Crippen LogP contribution < -0.4 is 11.1 Å². The van der Waals surface area contributed by atoms with Gasteiger partial charge in [-0.3, -0.25) is 9.59 Å². The van der Waals surface area contributed by atoms with Gasteiger partial charge in [0.15, 0.2) is 0 Å². The minimum Gasteiger partial charge on any atom is -0.366 e. The largest absolute Gasteiger partial charge is 0.366 e. The summed E-state index contributed by atoms with van der Waals surface area (Å²) in [7, 11) is 0. The van der Waals surface area contributed by atoms with E-state index in [1.54, 1.807) is 37.3 Å². The third kappa shape index (κ3) is 4.20. The zero-order valence-corrected chi connectivity index (χ0v) is 13.6. The predicted molar refractivity (Wildman–Crippen MR) is 93.5 cm³/mol. The molecular weight excluding hydrogens is 312 g/mol. The maximum atomic E-state index is 12.0. The molecule has 5 heteroatoms. The first kappa shape index (κ1) is 16.8. The molecular formula is C18H17ClN2O2. The molecule has 2 aromatic rings. The number of carbonyl (C=O) groups is 2. The summed E-state index contributed by atoms with van der Waals surface area (Å²) in [5.41, 5.74) is 8.69. The van der Waals surface area contributed by atoms with Crippen LogP contribution in [0.1, 0.15) is 27.0 Å². The van der Waals surface area contributed by atoms with Crippen molar-refractivity contribution in [1.82, 2.24) is 0 Å². The monoisotopic (exact) mass is 328 g/mol. The van der Waals surface area contributed by atoms with E-state index in [4.69, 9.17) is 17.3 Å². The van der Waals surface area contributed by atoms with E-state index in [-0.39, 0.29) is 5.91 Å². The molecule has 4 nitrogen and oxygen atoms in total. The first-order chi connectivity index (χ1) is 10.9. The number of nitrogens with two attached hydrogens (primary N) is 1. The van der Waals surface area contributed by atoms with E-state index in [1.807, 2.05) is 19.1 Å². The number of rotatable bonds is 4. The Bertz CT molecular complexity index is 798. The van der Waals surface area contributed by atoms with Crippen molar-refractivity contribution in [3.63, 3.8) is 0 Å². The molecule has 2 aromatic carbocycles. The number of benzene rings is 2. The number of nitrogens with one attached hydrogen (secondary N) is 1. The second kappa shape index (κ2) is 7.11. The Kier molecular flexibility index (Phi) is 5.19. The van der Waals surface area contributed by atoms with Crippen molar-refractivity contribution in [3.8, 4) is 0 Å². The van der Waals surface area contributed by atoms with Crippen LogP contribution in [0.5, 0.6) is 0 Å². The molecule has 0 atom stereocenters. The van der Waals surface area contributed by atoms with Crippen molar-refractivity contribution in [2.75, 3.05) is 5.32 Å². The van der Waals surface area contributed by atoms with Crippen molar-refractivity contribution in [1.29, 1.82) is 0 Å². The standard InChI is InChI=1S/C18H17ClN2O2/c1-11-6-7-13(10-15(11)19)8-9-17(22)21-16-5-3-4-14(12(16)2)18(20)23/h3-10H,1-2H3,(H2,20,23)(H,21,22)/b9-8+. The van der Waals surface area contributed by atoms with E-state index in [2.05, 4.69) is 5.32 Å². The molecule has 0 aromatic heterocycles. The molecule has 2 amide bonds. The molecule has 0 spiro atoms. The number of primary amides is 1. The van der Waals surface area contributed by atoms with Gasteiger partial charge in [-0.2, -0.15) is 0 Å². The summed E-state index contributed by atoms with van der Waals surface area (Å²) in [6, 6.07) is 10.6. The Balaban J connectivity index is 2.13. The van der Waals surface area contributed by atoms with E-state index in [0.717, 1.165) is 11.1 Å². The van der Waals surface area contributed by atoms with Gasteiger partial charge in [-0.15, -0.1) is 0 Å². The Hall–Kier alpha value is -2.59. The Morgan fingerprint density at radius 3 is 2.57 bits per heavy atom. The molecule has 0 aliphatic heterocycles. The lowest BCUT2D eigenvalue weighted by Crippen LogP contribution is -2.15. The Labute approximate surface area is 140 Å². The van der Waals surface area contributed by atoms with Crippen molar-refractivity contribution >= 4 is 35.2 Å². The Morgan fingerprint density at radius 2 is 1.91 bits per heavy atom. The zero-order chi connectivity index (χ0) is 17.0. The smallest absolute Gasteiger partial charge is 0.249 e. The maximum absolute atomic E-state index is 12.0. The second-order valence-corrected chi connectivity index (χ2v) is 5.58. The molecule has 0 aliphatic carbocycles. The molecule has 0 saturated heterocycles. The van der Waals surface area contributed by atoms with Crippen LogP contribution >= 0.6 is 11.6 Å². The summed E-state index contributed by atoms with van der Waals surface area (Å²) in [6.45, 7) is 3.65. The van der Waals surface area contributed by atoms with E-state index >= 15 is 0 Å². The third-order valence-electron chi connectivity index (χ3n) is 3.48. The molecule has 118 valence electrons. The average molecular weight is 329 g/mol. The fourth-order valence-electron chi connectivity index (χ4n) is 2.10. The summed E-state index contributed by atoms with van der Waals surface area (Å²) in [5, 5.41) is 3.39. The molecule has 0 saturated carbocycles. The van der Waals surface area contributed by atoms with Crippen molar-refractivity contribution in [2.45, 2.75) is 13.8 Å². The molecule has 0 heterocycles. The number of anilines is 1. The number of halogens is 1. The van der Waals surface area contributed by atoms with E-state index in [9.17, 15) is 9.59 Å². The van der Waals surface area contributed by atoms with E-state index in [0.29, 0.717) is 21.8 Å². The van der Waals surface area contributed by atoms with Crippen LogP contribution in [0.25, 0.3) is 6.08 Å². The van der Waals surface area contributed by atoms with Gasteiger partial charge in [0.25, 0.3) is 0 Å². The number of amides is 2. The minimum atomic E-state index is -0.525. The average Bonchev–Trinajstić information content (AvgIpc) is 2.50. The third-order valence-corrected chi connectivity index (χ3v) is 3.89. The summed E-state index contributed by atoms with van der Waals surface area (Å²) in [6.07, 6.45) is 3.09. The van der Waals surface area contributed by atoms with Crippen LogP contribution in [0.2, 0.25) is 5.02 Å². The van der Waals surface area contributed by atoms with Gasteiger partial charge in [0.05, 0.1) is 0 Å². The van der Waals surface area contributed by atoms with Gasteiger partial charge in [-0.05, 0) is 54.8 Å². The van der Waals surface area contributed by atoms with Gasteiger partial charge < -0.3 is 11.1 Å². The molecule has 2 rings (SSSR count). The topological polar surface area (TPSA) is 72.2 Å². The van der Waals surface area contributed by atoms with Gasteiger partial charge in [0.1, 0.15) is 0 Å². The van der Waals surface area contributed by atoms with Crippen LogP contribution in [-0.4, -0.2) is 11.8 Å². The number of hydrogen-bond donors (Lipinski definition) is 2. The van der Waals surface area contributed by atoms with Gasteiger partial charge in [0, 0.05) is 22.3 Å². The first-order valence-electron chi connectivity index (χ1n) is 7.03. The van der Waals surface area contributed by atoms with Crippen LogP contribution in [0, 0.1) is 13.8 Å². The fourth-order valence-corrected chi connectivity index (χ4v) is 2.29. The second-order valence-electron chi connectivity index (χ2n) is 5.17. The summed E-state index contributed by atoms with van der Waals surface area (Å²) in [4.78, 5) is 23.3. The van der Waals surface area contributed by atoms with Gasteiger partial charge >= 0.3 is 0 Å². The highest BCUT2D eigenvalue weighted by Gasteiger charge is 2.09. The highest BCUT2D eigenvalue weighted by molar-refractivity contribution is 6.31. The highest BCUT2D eigenvalue weighted by Crippen LogP contribution is 2.19. The van der Waals surface area contributed by atoms with Gasteiger partial charge in [-0.1, -0.05) is 29.8 Å². The SMILES string of the molecule is Cc1ccc(/C=C/C(=O)Nc2cccc(C(N)=O)c2C)cc1Cl. The van der Waals surface area contributed by atoms with Crippen molar-refractivity contribution in [3.05, 3.63) is 69.8 Å². The molecule has 0 aliphatic rings. The van der Waals surface area contributed by atoms with Crippen LogP contribution in [0.3, 0.4) is 0 Å². The fraction of sp³-hybridized carbons (Fsp3) is 0.111. The molecule has 0 fully saturated rings. The predicted octanol–water partition coefficient (Wildman–Crippen LogP) is 3.71. The van der Waals surface area contributed by atoms with Crippen LogP contribution in [-0.2, 0) is 4.79 Å². The summed E-state index contributed by atoms with van der Waals surface area (Å²) >= 11 is 6.05. The molecule has 0 radical (unpaired) electrons. The van der Waals surface area contributed by atoms with Gasteiger partial charge in [0.2, 0.25) is 11.8 Å². The molecule has 23 heavy (non-hydrogen) atoms. The van der Waals surface area contributed by atoms with E-state index in [1.165, 1.54) is 6.08 Å². The lowest BCUT2D eigenvalue weighted by atomic mass is 10.1. The van der Waals surface area contributed by atoms with Crippen molar-refractivity contribution < 1.29 is 9.59 Å². The lowest BCUT2D eigenvalue weighted by molar-refractivity contribution is -0.111. The highest BCUT2D eigenvalue weighted by atomic mass is 35.5. The maximum Gasteiger partial charge on any atom is 0.249 e. The number of carbonyl (C=O) groups excluding carboxylic acids is 2. The summed E-state index contributed by atoms with van der Waals surface area (Å²) < 4.78 is 0. The normalized spacial score (nSPS) is 10.7. The quantitative estimate of drug-likeness (QED) is 0.840. The summed E-state index contributed by atoms with van der Waals surface area (Å²) in [5.74, 6) is -0.824. The zero-order valence-electron chi connectivity index (χ0n) is 12.9. The minimum absolute atomic E-state index is 0.300. The van der Waals surface area contributed by atoms with Gasteiger partial charge in [-0.25, -0.2) is 0 Å². The number of hydrogen-bond acceptors (Lipinski definition) is 2. The molecule has 0 bridgehead atoms. The molecule has 3 N–H and O–H groups in total. The Morgan fingerprint density at radius 1 is 1.17 bits per heavy atom. The number of aryl methyl sites for hydroxylation is 1.